The SMILES string of the molecule is [Cr]=[CH]/C=C\c1cc2nc3nc(nc4[nH]c(nc5nc(nc1[nH]2)-c1ccccc1-5)c1ccccc41)-c1ccccc1-3. The first-order chi connectivity index (χ1) is 19.7. The summed E-state index contributed by atoms with van der Waals surface area (Å²) in [7, 11) is 0. The van der Waals surface area contributed by atoms with E-state index < -0.39 is 0 Å². The topological polar surface area (TPSA) is 109 Å². The van der Waals surface area contributed by atoms with Crippen LogP contribution in [0.15, 0.2) is 84.9 Å². The van der Waals surface area contributed by atoms with Crippen molar-refractivity contribution < 1.29 is 15.9 Å². The van der Waals surface area contributed by atoms with Crippen LogP contribution in [0, 0.1) is 0 Å². The molecule has 0 aliphatic carbocycles. The molecule has 2 aliphatic rings. The van der Waals surface area contributed by atoms with Crippen molar-refractivity contribution in [3.63, 3.8) is 0 Å². The van der Waals surface area contributed by atoms with Gasteiger partial charge in [0.25, 0.3) is 0 Å². The molecule has 188 valence electrons. The summed E-state index contributed by atoms with van der Waals surface area (Å²) in [4.78, 5) is 38.3. The Hall–Kier alpha value is -5.10. The van der Waals surface area contributed by atoms with Crippen LogP contribution < -0.4 is 0 Å². The van der Waals surface area contributed by atoms with Gasteiger partial charge >= 0.3 is 206 Å². The van der Waals surface area contributed by atoms with Crippen LogP contribution in [0.1, 0.15) is 5.56 Å². The number of H-pyrrole nitrogens is 2. The maximum absolute atomic E-state index is 5.00. The molecule has 6 aromatic rings. The van der Waals surface area contributed by atoms with E-state index >= 15 is 0 Å². The number of hydrogen-bond acceptors (Lipinski definition) is 6. The van der Waals surface area contributed by atoms with E-state index in [9.17, 15) is 0 Å². The Balaban J connectivity index is 1.56. The molecule has 0 fully saturated rings. The number of fused-ring (bicyclic) bond motifs is 17. The third-order valence-corrected chi connectivity index (χ3v) is 7.21. The summed E-state index contributed by atoms with van der Waals surface area (Å²) in [5.41, 5.74) is 7.18. The van der Waals surface area contributed by atoms with Crippen LogP contribution in [-0.4, -0.2) is 44.8 Å². The number of allylic oxidation sites excluding steroid dienone is 1. The second-order valence-corrected chi connectivity index (χ2v) is 9.80. The number of hydrogen-bond donors (Lipinski definition) is 2. The number of benzene rings is 3. The van der Waals surface area contributed by atoms with Crippen LogP contribution in [0.2, 0.25) is 0 Å². The van der Waals surface area contributed by atoms with Gasteiger partial charge in [-0.15, -0.1) is 0 Å². The van der Waals surface area contributed by atoms with Gasteiger partial charge in [0.05, 0.1) is 0 Å². The van der Waals surface area contributed by atoms with E-state index in [0.717, 1.165) is 38.6 Å². The fraction of sp³-hybridized carbons (Fsp3) is 0. The van der Waals surface area contributed by atoms with Crippen molar-refractivity contribution in [2.24, 2.45) is 0 Å². The first-order valence-electron chi connectivity index (χ1n) is 12.7. The molecule has 3 aromatic heterocycles. The minimum atomic E-state index is 0.580. The zero-order chi connectivity index (χ0) is 26.6. The van der Waals surface area contributed by atoms with Crippen LogP contribution in [0.5, 0.6) is 0 Å². The normalized spacial score (nSPS) is 12.0. The molecular formula is C31H18CrN8. The molecule has 2 aliphatic heterocycles. The van der Waals surface area contributed by atoms with Gasteiger partial charge in [-0.25, -0.2) is 0 Å². The van der Waals surface area contributed by atoms with Crippen molar-refractivity contribution >= 4 is 44.3 Å². The standard InChI is InChI=1S/C31H18N8.Cr/c1-2-9-17-16-24-32-25(17)34-27-20-12-5-6-13-21(20)29(36-27)38-31-23-15-8-7-14-22(23)30(39-31)37-28-19-11-4-3-10-18(19)26(33-24)35-28;/h1-16H,(H2,32,33,34,35,36,37,38,39);/b9-2-;. The van der Waals surface area contributed by atoms with Crippen molar-refractivity contribution in [2.45, 2.75) is 0 Å². The monoisotopic (exact) mass is 554 g/mol. The van der Waals surface area contributed by atoms with Gasteiger partial charge < -0.3 is 0 Å². The Bertz CT molecular complexity index is 2210. The van der Waals surface area contributed by atoms with Crippen molar-refractivity contribution in [3.8, 4) is 45.6 Å². The van der Waals surface area contributed by atoms with E-state index in [1.54, 1.807) is 0 Å². The Labute approximate surface area is 235 Å². The van der Waals surface area contributed by atoms with Crippen molar-refractivity contribution in [1.82, 2.24) is 39.9 Å². The molecule has 0 atom stereocenters. The predicted molar refractivity (Wildman–Crippen MR) is 154 cm³/mol. The van der Waals surface area contributed by atoms with Crippen LogP contribution in [0.25, 0.3) is 85.0 Å². The number of nitrogens with one attached hydrogen (secondary N) is 2. The molecule has 0 unspecified atom stereocenters. The van der Waals surface area contributed by atoms with E-state index in [2.05, 4.69) is 25.8 Å². The second kappa shape index (κ2) is 8.99. The van der Waals surface area contributed by atoms with E-state index in [1.807, 2.05) is 95.9 Å². The maximum atomic E-state index is 5.00. The number of nitrogens with zero attached hydrogens (tertiary/aromatic N) is 6. The Morgan fingerprint density at radius 2 is 1.00 bits per heavy atom. The van der Waals surface area contributed by atoms with Crippen LogP contribution >= 0.6 is 0 Å². The van der Waals surface area contributed by atoms with Gasteiger partial charge in [-0.3, -0.25) is 0 Å². The fourth-order valence-electron chi connectivity index (χ4n) is 5.15. The van der Waals surface area contributed by atoms with Crippen molar-refractivity contribution in [3.05, 3.63) is 90.5 Å². The summed E-state index contributed by atoms with van der Waals surface area (Å²) < 4.78 is 0. The molecule has 8 rings (SSSR count). The Morgan fingerprint density at radius 3 is 1.52 bits per heavy atom. The van der Waals surface area contributed by atoms with Gasteiger partial charge in [-0.05, 0) is 0 Å². The van der Waals surface area contributed by atoms with Gasteiger partial charge in [0.2, 0.25) is 0 Å². The predicted octanol–water partition coefficient (Wildman–Crippen LogP) is 6.08. The summed E-state index contributed by atoms with van der Waals surface area (Å²) in [5, 5.41) is 1.90. The summed E-state index contributed by atoms with van der Waals surface area (Å²) >= 11 is 2.89. The van der Waals surface area contributed by atoms with E-state index in [-0.39, 0.29) is 0 Å². The molecule has 0 radical (unpaired) electrons. The molecule has 8 bridgehead atoms. The molecule has 9 heteroatoms. The molecule has 8 nitrogen and oxygen atoms in total. The minimum absolute atomic E-state index is 0.580. The number of aromatic amines is 2. The van der Waals surface area contributed by atoms with Gasteiger partial charge in [0.15, 0.2) is 0 Å². The van der Waals surface area contributed by atoms with Crippen LogP contribution in [0.3, 0.4) is 0 Å². The Kier molecular flexibility index (Phi) is 5.13. The third-order valence-electron chi connectivity index (χ3n) is 6.96. The molecule has 2 N–H and O–H groups in total. The van der Waals surface area contributed by atoms with Gasteiger partial charge in [-0.2, -0.15) is 0 Å². The third kappa shape index (κ3) is 3.64. The summed E-state index contributed by atoms with van der Waals surface area (Å²) in [6.07, 6.45) is 3.89. The average Bonchev–Trinajstić information content (AvgIpc) is 3.72. The molecule has 0 spiro atoms. The quantitative estimate of drug-likeness (QED) is 0.268. The van der Waals surface area contributed by atoms with Gasteiger partial charge in [0.1, 0.15) is 0 Å². The van der Waals surface area contributed by atoms with Crippen molar-refractivity contribution in [1.29, 1.82) is 0 Å². The average molecular weight is 555 g/mol. The molecule has 3 aromatic carbocycles. The van der Waals surface area contributed by atoms with E-state index in [1.165, 1.54) is 0 Å². The molecule has 0 saturated carbocycles. The Morgan fingerprint density at radius 1 is 0.525 bits per heavy atom. The molecule has 0 saturated heterocycles. The zero-order valence-corrected chi connectivity index (χ0v) is 22.1. The van der Waals surface area contributed by atoms with Crippen molar-refractivity contribution in [2.75, 3.05) is 0 Å². The summed E-state index contributed by atoms with van der Waals surface area (Å²) in [6.45, 7) is 0. The molecule has 5 heterocycles. The number of rotatable bonds is 2. The second-order valence-electron chi connectivity index (χ2n) is 9.38. The number of aromatic nitrogens is 8. The first kappa shape index (κ1) is 22.8. The molecule has 0 amide bonds. The van der Waals surface area contributed by atoms with Crippen LogP contribution in [-0.2, 0) is 15.9 Å². The molecular weight excluding hydrogens is 536 g/mol. The first-order valence-corrected chi connectivity index (χ1v) is 13.4. The van der Waals surface area contributed by atoms with Gasteiger partial charge in [0, 0.05) is 5.39 Å². The zero-order valence-electron chi connectivity index (χ0n) is 20.8. The van der Waals surface area contributed by atoms with E-state index in [4.69, 9.17) is 29.9 Å². The van der Waals surface area contributed by atoms with Crippen LogP contribution in [0.4, 0.5) is 0 Å². The summed E-state index contributed by atoms with van der Waals surface area (Å²) in [6, 6.07) is 26.0. The van der Waals surface area contributed by atoms with Gasteiger partial charge in [-0.1, -0.05) is 24.3 Å². The molecule has 40 heavy (non-hydrogen) atoms. The summed E-state index contributed by atoms with van der Waals surface area (Å²) in [5.74, 6) is 2.34. The van der Waals surface area contributed by atoms with E-state index in [0.29, 0.717) is 45.9 Å². The fourth-order valence-corrected chi connectivity index (χ4v) is 5.27.